The van der Waals surface area contributed by atoms with Crippen LogP contribution < -0.4 is 9.46 Å². The van der Waals surface area contributed by atoms with E-state index in [9.17, 15) is 26.7 Å². The number of nitrogens with one attached hydrogen (secondary N) is 1. The van der Waals surface area contributed by atoms with Crippen LogP contribution in [0, 0.1) is 5.92 Å². The SMILES string of the molecule is C[C@H](CO)N1C[C@H](C)[C@H](CN(C)S(=O)(=O)c2cn(C)cn2)Oc2c(NS(=O)(=O)c3ccc(Cl)cc3)cccc2C1=O. The number of rotatable bonds is 9. The molecule has 41 heavy (non-hydrogen) atoms. The van der Waals surface area contributed by atoms with E-state index in [0.29, 0.717) is 5.02 Å². The zero-order chi connectivity index (χ0) is 30.1. The van der Waals surface area contributed by atoms with Gasteiger partial charge in [0.15, 0.2) is 10.8 Å². The number of amides is 1. The van der Waals surface area contributed by atoms with Crippen molar-refractivity contribution < 1.29 is 31.5 Å². The topological polar surface area (TPSA) is 151 Å². The zero-order valence-electron chi connectivity index (χ0n) is 22.9. The lowest BCUT2D eigenvalue weighted by molar-refractivity contribution is 0.0389. The van der Waals surface area contributed by atoms with Crippen molar-refractivity contribution in [2.75, 3.05) is 31.5 Å². The van der Waals surface area contributed by atoms with Gasteiger partial charge in [-0.05, 0) is 43.3 Å². The van der Waals surface area contributed by atoms with Crippen molar-refractivity contribution in [3.63, 3.8) is 0 Å². The zero-order valence-corrected chi connectivity index (χ0v) is 25.3. The molecule has 222 valence electrons. The van der Waals surface area contributed by atoms with Crippen molar-refractivity contribution in [1.82, 2.24) is 18.8 Å². The molecule has 2 aromatic carbocycles. The van der Waals surface area contributed by atoms with E-state index >= 15 is 0 Å². The third kappa shape index (κ3) is 6.51. The summed E-state index contributed by atoms with van der Waals surface area (Å²) in [6.07, 6.45) is 1.95. The number of hydrogen-bond donors (Lipinski definition) is 2. The smallest absolute Gasteiger partial charge is 0.262 e. The summed E-state index contributed by atoms with van der Waals surface area (Å²) in [6, 6.07) is 9.46. The maximum absolute atomic E-state index is 13.7. The standard InChI is InChI=1S/C26H32ClN5O7S2/c1-17-12-32(18(2)15-33)26(34)21-6-5-7-22(29-40(35,36)20-10-8-19(27)9-11-20)25(21)39-23(17)13-31(4)41(37,38)24-14-30(3)16-28-24/h5-11,14,16-18,23,29,33H,12-13,15H2,1-4H3/t17-,18+,23-/m0/s1. The molecular weight excluding hydrogens is 594 g/mol. The van der Waals surface area contributed by atoms with Gasteiger partial charge in [-0.15, -0.1) is 0 Å². The Morgan fingerprint density at radius 2 is 1.88 bits per heavy atom. The summed E-state index contributed by atoms with van der Waals surface area (Å²) in [7, 11) is -5.05. The third-order valence-electron chi connectivity index (χ3n) is 6.85. The van der Waals surface area contributed by atoms with E-state index in [-0.39, 0.29) is 46.6 Å². The first-order chi connectivity index (χ1) is 19.2. The molecule has 0 fully saturated rings. The number of aliphatic hydroxyl groups excluding tert-OH is 1. The minimum Gasteiger partial charge on any atom is -0.486 e. The Balaban J connectivity index is 1.76. The second-order valence-corrected chi connectivity index (χ2v) is 14.1. The number of nitrogens with zero attached hydrogens (tertiary/aromatic N) is 4. The number of para-hydroxylation sites is 1. The number of likely N-dealkylation sites (N-methyl/N-ethyl adjacent to an activating group) is 1. The van der Waals surface area contributed by atoms with Gasteiger partial charge in [0.25, 0.3) is 26.0 Å². The Labute approximate surface area is 244 Å². The maximum Gasteiger partial charge on any atom is 0.262 e. The number of ether oxygens (including phenoxy) is 1. The van der Waals surface area contributed by atoms with Gasteiger partial charge in [-0.1, -0.05) is 24.6 Å². The van der Waals surface area contributed by atoms with Crippen LogP contribution in [0.1, 0.15) is 24.2 Å². The van der Waals surface area contributed by atoms with E-state index in [4.69, 9.17) is 16.3 Å². The third-order valence-corrected chi connectivity index (χ3v) is 10.2. The van der Waals surface area contributed by atoms with Crippen molar-refractivity contribution in [3.05, 3.63) is 65.6 Å². The van der Waals surface area contributed by atoms with Crippen LogP contribution in [0.3, 0.4) is 0 Å². The van der Waals surface area contributed by atoms with E-state index in [1.807, 2.05) is 0 Å². The lowest BCUT2D eigenvalue weighted by Crippen LogP contribution is -2.50. The lowest BCUT2D eigenvalue weighted by Gasteiger charge is -2.38. The van der Waals surface area contributed by atoms with E-state index in [1.54, 1.807) is 20.9 Å². The molecule has 1 aromatic heterocycles. The molecule has 2 N–H and O–H groups in total. The van der Waals surface area contributed by atoms with Crippen LogP contribution in [-0.4, -0.2) is 85.5 Å². The van der Waals surface area contributed by atoms with Crippen LogP contribution in [0.5, 0.6) is 5.75 Å². The van der Waals surface area contributed by atoms with Crippen LogP contribution in [-0.2, 0) is 27.1 Å². The van der Waals surface area contributed by atoms with Crippen molar-refractivity contribution in [2.45, 2.75) is 35.9 Å². The second-order valence-electron chi connectivity index (χ2n) is 10.0. The summed E-state index contributed by atoms with van der Waals surface area (Å²) in [5, 5.41) is 10.1. The molecule has 0 bridgehead atoms. The number of aryl methyl sites for hydroxylation is 1. The van der Waals surface area contributed by atoms with Crippen LogP contribution in [0.4, 0.5) is 5.69 Å². The number of imidazole rings is 1. The van der Waals surface area contributed by atoms with E-state index in [1.165, 1.54) is 71.5 Å². The van der Waals surface area contributed by atoms with Crippen LogP contribution in [0.2, 0.25) is 5.02 Å². The number of hydrogen-bond acceptors (Lipinski definition) is 8. The predicted molar refractivity (Wildman–Crippen MR) is 153 cm³/mol. The molecule has 0 unspecified atom stereocenters. The highest BCUT2D eigenvalue weighted by Gasteiger charge is 2.37. The number of anilines is 1. The molecule has 12 nitrogen and oxygen atoms in total. The first-order valence-corrected chi connectivity index (χ1v) is 16.0. The van der Waals surface area contributed by atoms with Gasteiger partial charge in [-0.2, -0.15) is 4.31 Å². The molecule has 3 aromatic rings. The average molecular weight is 626 g/mol. The Kier molecular flexibility index (Phi) is 8.99. The molecule has 1 aliphatic heterocycles. The second kappa shape index (κ2) is 12.0. The molecule has 0 spiro atoms. The summed E-state index contributed by atoms with van der Waals surface area (Å²) < 4.78 is 64.4. The number of aliphatic hydroxyl groups is 1. The van der Waals surface area contributed by atoms with Gasteiger partial charge < -0.3 is 19.3 Å². The summed E-state index contributed by atoms with van der Waals surface area (Å²) >= 11 is 5.91. The van der Waals surface area contributed by atoms with E-state index in [0.717, 1.165) is 4.31 Å². The predicted octanol–water partition coefficient (Wildman–Crippen LogP) is 2.42. The minimum atomic E-state index is -4.12. The van der Waals surface area contributed by atoms with Crippen LogP contribution in [0.25, 0.3) is 0 Å². The summed E-state index contributed by atoms with van der Waals surface area (Å²) in [4.78, 5) is 19.0. The van der Waals surface area contributed by atoms with Crippen molar-refractivity contribution in [3.8, 4) is 5.75 Å². The van der Waals surface area contributed by atoms with Gasteiger partial charge in [-0.25, -0.2) is 21.8 Å². The fourth-order valence-electron chi connectivity index (χ4n) is 4.39. The molecular formula is C26H32ClN5O7S2. The molecule has 15 heteroatoms. The maximum atomic E-state index is 13.7. The van der Waals surface area contributed by atoms with Crippen molar-refractivity contribution in [2.24, 2.45) is 13.0 Å². The summed E-state index contributed by atoms with van der Waals surface area (Å²) in [5.41, 5.74) is 0.0606. The van der Waals surface area contributed by atoms with E-state index < -0.39 is 44.0 Å². The highest BCUT2D eigenvalue weighted by molar-refractivity contribution is 7.92. The molecule has 0 aliphatic carbocycles. The first-order valence-electron chi connectivity index (χ1n) is 12.7. The quantitative estimate of drug-likeness (QED) is 0.368. The highest BCUT2D eigenvalue weighted by atomic mass is 35.5. The first kappa shape index (κ1) is 30.8. The normalized spacial score (nSPS) is 18.8. The largest absolute Gasteiger partial charge is 0.486 e. The summed E-state index contributed by atoms with van der Waals surface area (Å²) in [5.74, 6) is -0.942. The van der Waals surface area contributed by atoms with Gasteiger partial charge in [0.1, 0.15) is 6.10 Å². The molecule has 3 atom stereocenters. The summed E-state index contributed by atoms with van der Waals surface area (Å²) in [6.45, 7) is 3.20. The number of aromatic nitrogens is 2. The van der Waals surface area contributed by atoms with Crippen molar-refractivity contribution >= 4 is 43.2 Å². The molecule has 2 heterocycles. The molecule has 4 rings (SSSR count). The lowest BCUT2D eigenvalue weighted by atomic mass is 9.99. The number of sulfonamides is 2. The molecule has 0 radical (unpaired) electrons. The highest BCUT2D eigenvalue weighted by Crippen LogP contribution is 2.36. The average Bonchev–Trinajstić information content (AvgIpc) is 3.37. The van der Waals surface area contributed by atoms with Crippen LogP contribution >= 0.6 is 11.6 Å². The van der Waals surface area contributed by atoms with Gasteiger partial charge in [0.2, 0.25) is 0 Å². The van der Waals surface area contributed by atoms with Gasteiger partial charge in [0.05, 0.1) is 41.7 Å². The fourth-order valence-corrected chi connectivity index (χ4v) is 6.72. The van der Waals surface area contributed by atoms with Crippen LogP contribution in [0.15, 0.2) is 64.9 Å². The monoisotopic (exact) mass is 625 g/mol. The Bertz CT molecular complexity index is 1630. The Hall–Kier alpha value is -3.17. The Morgan fingerprint density at radius 1 is 1.20 bits per heavy atom. The Morgan fingerprint density at radius 3 is 2.49 bits per heavy atom. The van der Waals surface area contributed by atoms with Gasteiger partial charge in [0, 0.05) is 37.8 Å². The molecule has 1 amide bonds. The fraction of sp³-hybridized carbons (Fsp3) is 0.385. The molecule has 1 aliphatic rings. The number of benzene rings is 2. The molecule has 0 saturated heterocycles. The molecule has 0 saturated carbocycles. The number of carbonyl (C=O) groups is 1. The van der Waals surface area contributed by atoms with Crippen molar-refractivity contribution in [1.29, 1.82) is 0 Å². The number of fused-ring (bicyclic) bond motifs is 1. The minimum absolute atomic E-state index is 0.00302. The van der Waals surface area contributed by atoms with Gasteiger partial charge in [-0.3, -0.25) is 9.52 Å². The van der Waals surface area contributed by atoms with Gasteiger partial charge >= 0.3 is 0 Å². The number of halogens is 1. The van der Waals surface area contributed by atoms with E-state index in [2.05, 4.69) is 9.71 Å². The number of carbonyl (C=O) groups excluding carboxylic acids is 1.